The van der Waals surface area contributed by atoms with Gasteiger partial charge in [-0.2, -0.15) is 0 Å². The molecule has 1 aliphatic carbocycles. The number of hydrogen-bond acceptors (Lipinski definition) is 2. The zero-order valence-corrected chi connectivity index (χ0v) is 7.13. The Bertz CT molecular complexity index is 188. The molecule has 0 spiro atoms. The van der Waals surface area contributed by atoms with Crippen LogP contribution in [0.5, 0.6) is 0 Å². The molecule has 11 heavy (non-hydrogen) atoms. The summed E-state index contributed by atoms with van der Waals surface area (Å²) in [5.41, 5.74) is 0.403. The van der Waals surface area contributed by atoms with E-state index in [9.17, 15) is 4.79 Å². The summed E-state index contributed by atoms with van der Waals surface area (Å²) in [4.78, 5) is 10.6. The van der Waals surface area contributed by atoms with Gasteiger partial charge in [-0.15, -0.1) is 0 Å². The molecular formula is C9H15NO. The number of carbonyl (C=O) groups is 1. The highest BCUT2D eigenvalue weighted by atomic mass is 16.1. The molecule has 0 amide bonds. The number of hydrogen-bond donors (Lipinski definition) is 1. The standard InChI is InChI=1S/C9H15NO/c1-9(2)3-6-4-10-7(5-11)8(6)9/h5-8,10H,3-4H2,1-2H3/t6-,7+,8-/m0/s1. The van der Waals surface area contributed by atoms with E-state index in [0.717, 1.165) is 18.7 Å². The van der Waals surface area contributed by atoms with E-state index in [0.29, 0.717) is 11.3 Å². The van der Waals surface area contributed by atoms with Crippen LogP contribution in [0.3, 0.4) is 0 Å². The van der Waals surface area contributed by atoms with Gasteiger partial charge in [-0.3, -0.25) is 0 Å². The number of rotatable bonds is 1. The fourth-order valence-electron chi connectivity index (χ4n) is 2.94. The van der Waals surface area contributed by atoms with Crippen molar-refractivity contribution in [3.63, 3.8) is 0 Å². The Morgan fingerprint density at radius 3 is 2.73 bits per heavy atom. The summed E-state index contributed by atoms with van der Waals surface area (Å²) in [5, 5.41) is 3.26. The van der Waals surface area contributed by atoms with Gasteiger partial charge in [0.1, 0.15) is 6.29 Å². The lowest BCUT2D eigenvalue weighted by Gasteiger charge is -2.48. The van der Waals surface area contributed by atoms with Crippen molar-refractivity contribution in [2.75, 3.05) is 6.54 Å². The van der Waals surface area contributed by atoms with Crippen molar-refractivity contribution in [3.05, 3.63) is 0 Å². The normalized spacial score (nSPS) is 46.2. The molecule has 2 fully saturated rings. The van der Waals surface area contributed by atoms with Crippen molar-refractivity contribution in [1.82, 2.24) is 5.32 Å². The molecule has 0 bridgehead atoms. The lowest BCUT2D eigenvalue weighted by molar-refractivity contribution is -0.113. The molecule has 62 valence electrons. The Hall–Kier alpha value is -0.370. The minimum absolute atomic E-state index is 0.142. The Labute approximate surface area is 67.4 Å². The molecule has 0 aromatic rings. The second kappa shape index (κ2) is 2.07. The molecule has 1 heterocycles. The number of aldehydes is 1. The second-order valence-corrected chi connectivity index (χ2v) is 4.55. The summed E-state index contributed by atoms with van der Waals surface area (Å²) in [5.74, 6) is 1.39. The van der Waals surface area contributed by atoms with E-state index >= 15 is 0 Å². The van der Waals surface area contributed by atoms with Gasteiger partial charge in [0.05, 0.1) is 6.04 Å². The molecule has 3 atom stereocenters. The van der Waals surface area contributed by atoms with Crippen LogP contribution in [-0.4, -0.2) is 18.9 Å². The average Bonchev–Trinajstić information content (AvgIpc) is 2.27. The maximum Gasteiger partial charge on any atom is 0.137 e. The van der Waals surface area contributed by atoms with Crippen molar-refractivity contribution >= 4 is 6.29 Å². The number of carbonyl (C=O) groups excluding carboxylic acids is 1. The first kappa shape index (κ1) is 7.29. The van der Waals surface area contributed by atoms with Crippen LogP contribution in [0.2, 0.25) is 0 Å². The van der Waals surface area contributed by atoms with Crippen molar-refractivity contribution in [2.45, 2.75) is 26.3 Å². The van der Waals surface area contributed by atoms with Gasteiger partial charge in [0, 0.05) is 0 Å². The maximum atomic E-state index is 10.6. The molecule has 2 aliphatic rings. The molecule has 0 radical (unpaired) electrons. The minimum atomic E-state index is 0.142. The van der Waals surface area contributed by atoms with Crippen LogP contribution in [0, 0.1) is 17.3 Å². The van der Waals surface area contributed by atoms with Gasteiger partial charge in [0.2, 0.25) is 0 Å². The molecular weight excluding hydrogens is 138 g/mol. The summed E-state index contributed by atoms with van der Waals surface area (Å²) in [7, 11) is 0. The van der Waals surface area contributed by atoms with Crippen molar-refractivity contribution in [3.8, 4) is 0 Å². The van der Waals surface area contributed by atoms with E-state index in [1.54, 1.807) is 0 Å². The highest BCUT2D eigenvalue weighted by Gasteiger charge is 2.54. The fraction of sp³-hybridized carbons (Fsp3) is 0.889. The largest absolute Gasteiger partial charge is 0.307 e. The zero-order chi connectivity index (χ0) is 8.06. The summed E-state index contributed by atoms with van der Waals surface area (Å²) in [6.45, 7) is 5.58. The van der Waals surface area contributed by atoms with E-state index < -0.39 is 0 Å². The van der Waals surface area contributed by atoms with Crippen LogP contribution in [0.1, 0.15) is 20.3 Å². The van der Waals surface area contributed by atoms with Crippen LogP contribution >= 0.6 is 0 Å². The quantitative estimate of drug-likeness (QED) is 0.565. The summed E-state index contributed by atoms with van der Waals surface area (Å²) in [6, 6.07) is 0.142. The lowest BCUT2D eigenvalue weighted by Crippen LogP contribution is -2.47. The van der Waals surface area contributed by atoms with E-state index in [2.05, 4.69) is 19.2 Å². The predicted octanol–water partition coefficient (Wildman–Crippen LogP) is 0.819. The molecule has 1 saturated heterocycles. The summed E-state index contributed by atoms with van der Waals surface area (Å²) in [6.07, 6.45) is 2.36. The van der Waals surface area contributed by atoms with Crippen LogP contribution in [0.4, 0.5) is 0 Å². The second-order valence-electron chi connectivity index (χ2n) is 4.55. The van der Waals surface area contributed by atoms with Crippen LogP contribution in [0.25, 0.3) is 0 Å². The molecule has 0 aromatic carbocycles. The molecule has 0 aromatic heterocycles. The third-order valence-electron chi connectivity index (χ3n) is 3.35. The average molecular weight is 153 g/mol. The monoisotopic (exact) mass is 153 g/mol. The fourth-order valence-corrected chi connectivity index (χ4v) is 2.94. The summed E-state index contributed by atoms with van der Waals surface area (Å²) < 4.78 is 0. The van der Waals surface area contributed by atoms with E-state index in [1.165, 1.54) is 6.42 Å². The zero-order valence-electron chi connectivity index (χ0n) is 7.13. The Balaban J connectivity index is 2.14. The third-order valence-corrected chi connectivity index (χ3v) is 3.35. The Kier molecular flexibility index (Phi) is 1.37. The molecule has 1 N–H and O–H groups in total. The first-order valence-electron chi connectivity index (χ1n) is 4.34. The maximum absolute atomic E-state index is 10.6. The van der Waals surface area contributed by atoms with E-state index in [4.69, 9.17) is 0 Å². The Morgan fingerprint density at radius 1 is 1.55 bits per heavy atom. The summed E-state index contributed by atoms with van der Waals surface area (Å²) >= 11 is 0. The van der Waals surface area contributed by atoms with Gasteiger partial charge in [-0.05, 0) is 30.2 Å². The van der Waals surface area contributed by atoms with Gasteiger partial charge in [0.25, 0.3) is 0 Å². The highest BCUT2D eigenvalue weighted by Crippen LogP contribution is 2.54. The van der Waals surface area contributed by atoms with Gasteiger partial charge in [-0.1, -0.05) is 13.8 Å². The molecule has 2 heteroatoms. The van der Waals surface area contributed by atoms with Gasteiger partial charge in [-0.25, -0.2) is 0 Å². The van der Waals surface area contributed by atoms with Crippen molar-refractivity contribution < 1.29 is 4.79 Å². The van der Waals surface area contributed by atoms with Crippen LogP contribution < -0.4 is 5.32 Å². The van der Waals surface area contributed by atoms with E-state index in [1.807, 2.05) is 0 Å². The SMILES string of the molecule is CC1(C)C[C@H]2CN[C@H](C=O)[C@H]21. The third kappa shape index (κ3) is 0.853. The van der Waals surface area contributed by atoms with E-state index in [-0.39, 0.29) is 6.04 Å². The molecule has 0 unspecified atom stereocenters. The lowest BCUT2D eigenvalue weighted by atomic mass is 9.55. The van der Waals surface area contributed by atoms with Crippen molar-refractivity contribution in [2.24, 2.45) is 17.3 Å². The molecule has 1 saturated carbocycles. The van der Waals surface area contributed by atoms with Crippen LogP contribution in [0.15, 0.2) is 0 Å². The number of nitrogens with one attached hydrogen (secondary N) is 1. The van der Waals surface area contributed by atoms with Gasteiger partial charge >= 0.3 is 0 Å². The first-order valence-corrected chi connectivity index (χ1v) is 4.34. The highest BCUT2D eigenvalue weighted by molar-refractivity contribution is 5.60. The van der Waals surface area contributed by atoms with Crippen molar-refractivity contribution in [1.29, 1.82) is 0 Å². The van der Waals surface area contributed by atoms with Crippen LogP contribution in [-0.2, 0) is 4.79 Å². The topological polar surface area (TPSA) is 29.1 Å². The molecule has 2 nitrogen and oxygen atoms in total. The smallest absolute Gasteiger partial charge is 0.137 e. The first-order chi connectivity index (χ1) is 5.15. The predicted molar refractivity (Wildman–Crippen MR) is 43.2 cm³/mol. The number of fused-ring (bicyclic) bond motifs is 1. The van der Waals surface area contributed by atoms with Gasteiger partial charge < -0.3 is 10.1 Å². The van der Waals surface area contributed by atoms with Gasteiger partial charge in [0.15, 0.2) is 0 Å². The minimum Gasteiger partial charge on any atom is -0.307 e. The Morgan fingerprint density at radius 2 is 2.27 bits per heavy atom. The molecule has 1 aliphatic heterocycles. The molecule has 2 rings (SSSR count).